The van der Waals surface area contributed by atoms with E-state index in [1.165, 1.54) is 12.1 Å². The molecule has 2 heterocycles. The molecular formula is C12H12F3N3O2S. The van der Waals surface area contributed by atoms with Crippen molar-refractivity contribution >= 4 is 10.0 Å². The van der Waals surface area contributed by atoms with Gasteiger partial charge in [0.25, 0.3) is 0 Å². The van der Waals surface area contributed by atoms with E-state index in [1.54, 1.807) is 6.07 Å². The molecule has 1 aromatic rings. The van der Waals surface area contributed by atoms with Gasteiger partial charge < -0.3 is 0 Å². The lowest BCUT2D eigenvalue weighted by atomic mass is 9.98. The molecule has 5 nitrogen and oxygen atoms in total. The minimum atomic E-state index is -4.29. The SMILES string of the molecule is N#Cc1ccc(S(=O)(=O)N2CCC(C(F)(F)F)CC2)cn1. The van der Waals surface area contributed by atoms with Crippen LogP contribution >= 0.6 is 0 Å². The summed E-state index contributed by atoms with van der Waals surface area (Å²) in [5, 5.41) is 8.61. The van der Waals surface area contributed by atoms with Crippen molar-refractivity contribution in [2.45, 2.75) is 23.9 Å². The Morgan fingerprint density at radius 1 is 1.29 bits per heavy atom. The Bertz CT molecular complexity index is 642. The smallest absolute Gasteiger partial charge is 0.244 e. The van der Waals surface area contributed by atoms with Crippen LogP contribution in [0.4, 0.5) is 13.2 Å². The van der Waals surface area contributed by atoms with Gasteiger partial charge in [0, 0.05) is 19.3 Å². The van der Waals surface area contributed by atoms with Crippen LogP contribution in [0.5, 0.6) is 0 Å². The Labute approximate surface area is 120 Å². The Kier molecular flexibility index (Phi) is 4.20. The average Bonchev–Trinajstić information content (AvgIpc) is 2.46. The molecule has 0 N–H and O–H groups in total. The van der Waals surface area contributed by atoms with Gasteiger partial charge >= 0.3 is 6.18 Å². The summed E-state index contributed by atoms with van der Waals surface area (Å²) in [5.74, 6) is -1.46. The van der Waals surface area contributed by atoms with E-state index in [9.17, 15) is 21.6 Å². The maximum absolute atomic E-state index is 12.6. The van der Waals surface area contributed by atoms with Crippen molar-refractivity contribution in [3.8, 4) is 6.07 Å². The molecule has 2 rings (SSSR count). The summed E-state index contributed by atoms with van der Waals surface area (Å²) in [6.07, 6.45) is -3.73. The summed E-state index contributed by atoms with van der Waals surface area (Å²) in [6, 6.07) is 4.26. The van der Waals surface area contributed by atoms with Gasteiger partial charge in [-0.15, -0.1) is 0 Å². The first kappa shape index (κ1) is 15.7. The van der Waals surface area contributed by atoms with Gasteiger partial charge in [0.1, 0.15) is 16.7 Å². The molecule has 0 atom stereocenters. The van der Waals surface area contributed by atoms with E-state index in [-0.39, 0.29) is 36.5 Å². The van der Waals surface area contributed by atoms with Crippen LogP contribution in [0.15, 0.2) is 23.2 Å². The maximum atomic E-state index is 12.6. The maximum Gasteiger partial charge on any atom is 0.391 e. The number of alkyl halides is 3. The number of aromatic nitrogens is 1. The molecule has 0 bridgehead atoms. The molecule has 0 radical (unpaired) electrons. The minimum Gasteiger partial charge on any atom is -0.244 e. The van der Waals surface area contributed by atoms with Gasteiger partial charge in [0.2, 0.25) is 10.0 Å². The summed E-state index contributed by atoms with van der Waals surface area (Å²) < 4.78 is 63.2. The van der Waals surface area contributed by atoms with Gasteiger partial charge in [-0.2, -0.15) is 22.7 Å². The van der Waals surface area contributed by atoms with Crippen LogP contribution in [0.25, 0.3) is 0 Å². The van der Waals surface area contributed by atoms with Gasteiger partial charge in [-0.1, -0.05) is 0 Å². The van der Waals surface area contributed by atoms with Crippen LogP contribution in [-0.2, 0) is 10.0 Å². The monoisotopic (exact) mass is 319 g/mol. The number of hydrogen-bond donors (Lipinski definition) is 0. The average molecular weight is 319 g/mol. The zero-order valence-electron chi connectivity index (χ0n) is 10.8. The van der Waals surface area contributed by atoms with Gasteiger partial charge in [-0.25, -0.2) is 13.4 Å². The summed E-state index contributed by atoms with van der Waals surface area (Å²) in [6.45, 7) is -0.348. The normalized spacial score (nSPS) is 18.4. The molecule has 1 aromatic heterocycles. The van der Waals surface area contributed by atoms with Gasteiger partial charge in [-0.3, -0.25) is 0 Å². The van der Waals surface area contributed by atoms with Gasteiger partial charge in [-0.05, 0) is 25.0 Å². The minimum absolute atomic E-state index is 0.0738. The molecule has 21 heavy (non-hydrogen) atoms. The molecule has 1 saturated heterocycles. The van der Waals surface area contributed by atoms with Crippen molar-refractivity contribution < 1.29 is 21.6 Å². The quantitative estimate of drug-likeness (QED) is 0.834. The lowest BCUT2D eigenvalue weighted by molar-refractivity contribution is -0.182. The zero-order chi connectivity index (χ0) is 15.7. The number of pyridine rings is 1. The first-order valence-electron chi connectivity index (χ1n) is 6.18. The summed E-state index contributed by atoms with van der Waals surface area (Å²) in [7, 11) is -3.86. The molecule has 1 aliphatic rings. The first-order chi connectivity index (χ1) is 9.75. The van der Waals surface area contributed by atoms with Crippen molar-refractivity contribution in [3.63, 3.8) is 0 Å². The first-order valence-corrected chi connectivity index (χ1v) is 7.62. The number of piperidine rings is 1. The number of rotatable bonds is 2. The summed E-state index contributed by atoms with van der Waals surface area (Å²) in [4.78, 5) is 3.55. The van der Waals surface area contributed by atoms with E-state index in [2.05, 4.69) is 4.98 Å². The molecular weight excluding hydrogens is 307 g/mol. The second-order valence-electron chi connectivity index (χ2n) is 4.71. The van der Waals surface area contributed by atoms with Crippen LogP contribution in [0.2, 0.25) is 0 Å². The Morgan fingerprint density at radius 3 is 2.33 bits per heavy atom. The second-order valence-corrected chi connectivity index (χ2v) is 6.65. The summed E-state index contributed by atoms with van der Waals surface area (Å²) in [5.41, 5.74) is 0.0738. The Hall–Kier alpha value is -1.66. The Morgan fingerprint density at radius 2 is 1.90 bits per heavy atom. The van der Waals surface area contributed by atoms with Gasteiger partial charge in [0.15, 0.2) is 0 Å². The predicted octanol–water partition coefficient (Wildman–Crippen LogP) is 1.92. The van der Waals surface area contributed by atoms with E-state index in [4.69, 9.17) is 5.26 Å². The zero-order valence-corrected chi connectivity index (χ0v) is 11.7. The number of nitriles is 1. The predicted molar refractivity (Wildman–Crippen MR) is 66.5 cm³/mol. The highest BCUT2D eigenvalue weighted by atomic mass is 32.2. The fourth-order valence-electron chi connectivity index (χ4n) is 2.17. The molecule has 1 fully saturated rings. The van der Waals surface area contributed by atoms with Crippen LogP contribution in [0.3, 0.4) is 0 Å². The lowest BCUT2D eigenvalue weighted by Gasteiger charge is -2.32. The van der Waals surface area contributed by atoms with Crippen molar-refractivity contribution in [1.82, 2.24) is 9.29 Å². The number of halogens is 3. The number of sulfonamides is 1. The highest BCUT2D eigenvalue weighted by molar-refractivity contribution is 7.89. The second kappa shape index (κ2) is 5.61. The van der Waals surface area contributed by atoms with Crippen molar-refractivity contribution in [2.75, 3.05) is 13.1 Å². The molecule has 114 valence electrons. The molecule has 0 amide bonds. The number of hydrogen-bond acceptors (Lipinski definition) is 4. The third-order valence-electron chi connectivity index (χ3n) is 3.41. The molecule has 0 saturated carbocycles. The lowest BCUT2D eigenvalue weighted by Crippen LogP contribution is -2.42. The topological polar surface area (TPSA) is 74.1 Å². The van der Waals surface area contributed by atoms with Crippen LogP contribution < -0.4 is 0 Å². The third kappa shape index (κ3) is 3.33. The van der Waals surface area contributed by atoms with E-state index >= 15 is 0 Å². The van der Waals surface area contributed by atoms with Gasteiger partial charge in [0.05, 0.1) is 5.92 Å². The standard InChI is InChI=1S/C12H12F3N3O2S/c13-12(14,15)9-3-5-18(6-4-9)21(19,20)11-2-1-10(7-16)17-8-11/h1-2,8-9H,3-6H2. The van der Waals surface area contributed by atoms with Crippen LogP contribution in [0, 0.1) is 17.2 Å². The van der Waals surface area contributed by atoms with E-state index in [0.29, 0.717) is 0 Å². The molecule has 0 unspecified atom stereocenters. The highest BCUT2D eigenvalue weighted by Crippen LogP contribution is 2.35. The summed E-state index contributed by atoms with van der Waals surface area (Å²) >= 11 is 0. The fourth-order valence-corrected chi connectivity index (χ4v) is 3.59. The van der Waals surface area contributed by atoms with Crippen LogP contribution in [-0.4, -0.2) is 37.0 Å². The van der Waals surface area contributed by atoms with Crippen molar-refractivity contribution in [1.29, 1.82) is 5.26 Å². The molecule has 1 aliphatic heterocycles. The van der Waals surface area contributed by atoms with E-state index in [0.717, 1.165) is 10.5 Å². The molecule has 0 spiro atoms. The molecule has 9 heteroatoms. The highest BCUT2D eigenvalue weighted by Gasteiger charge is 2.43. The largest absolute Gasteiger partial charge is 0.391 e. The third-order valence-corrected chi connectivity index (χ3v) is 5.29. The molecule has 0 aliphatic carbocycles. The molecule has 0 aromatic carbocycles. The van der Waals surface area contributed by atoms with Crippen LogP contribution in [0.1, 0.15) is 18.5 Å². The van der Waals surface area contributed by atoms with Crippen molar-refractivity contribution in [2.24, 2.45) is 5.92 Å². The fraction of sp³-hybridized carbons (Fsp3) is 0.500. The number of nitrogens with zero attached hydrogens (tertiary/aromatic N) is 3. The van der Waals surface area contributed by atoms with E-state index in [1.807, 2.05) is 0 Å². The van der Waals surface area contributed by atoms with E-state index < -0.39 is 22.1 Å². The Balaban J connectivity index is 2.13. The van der Waals surface area contributed by atoms with Crippen molar-refractivity contribution in [3.05, 3.63) is 24.0 Å².